The number of nitrogens with one attached hydrogen (secondary N) is 2. The Morgan fingerprint density at radius 1 is 1.09 bits per heavy atom. The van der Waals surface area contributed by atoms with E-state index in [2.05, 4.69) is 46.3 Å². The maximum Gasteiger partial charge on any atom is 0.315 e. The normalized spacial score (nSPS) is 12.0. The number of hydrogen-bond acceptors (Lipinski definition) is 2. The van der Waals surface area contributed by atoms with Crippen LogP contribution in [0.25, 0.3) is 10.8 Å². The third kappa shape index (κ3) is 4.11. The lowest BCUT2D eigenvalue weighted by atomic mass is 10.0. The van der Waals surface area contributed by atoms with E-state index in [9.17, 15) is 4.79 Å². The van der Waals surface area contributed by atoms with Crippen molar-refractivity contribution in [3.63, 3.8) is 0 Å². The Morgan fingerprint density at radius 2 is 1.91 bits per heavy atom. The lowest BCUT2D eigenvalue weighted by Crippen LogP contribution is -2.41. The number of urea groups is 1. The Balaban J connectivity index is 1.56. The molecule has 0 fully saturated rings. The number of rotatable bonds is 5. The molecule has 3 rings (SSSR count). The molecule has 23 heavy (non-hydrogen) atoms. The van der Waals surface area contributed by atoms with Gasteiger partial charge < -0.3 is 10.6 Å². The molecule has 0 saturated heterocycles. The Kier molecular flexibility index (Phi) is 4.93. The van der Waals surface area contributed by atoms with Crippen LogP contribution in [0.4, 0.5) is 4.79 Å². The van der Waals surface area contributed by atoms with Gasteiger partial charge in [-0.3, -0.25) is 0 Å². The molecule has 4 heteroatoms. The van der Waals surface area contributed by atoms with Crippen molar-refractivity contribution in [1.29, 1.82) is 0 Å². The van der Waals surface area contributed by atoms with Crippen LogP contribution in [0.5, 0.6) is 0 Å². The molecule has 118 valence electrons. The Morgan fingerprint density at radius 3 is 2.74 bits per heavy atom. The zero-order chi connectivity index (χ0) is 16.1. The van der Waals surface area contributed by atoms with Crippen LogP contribution < -0.4 is 10.6 Å². The molecular weight excluding hydrogens is 304 g/mol. The van der Waals surface area contributed by atoms with E-state index in [0.29, 0.717) is 6.54 Å². The number of hydrogen-bond donors (Lipinski definition) is 2. The molecule has 3 nitrogen and oxygen atoms in total. The second-order valence-corrected chi connectivity index (χ2v) is 6.68. The first-order chi connectivity index (χ1) is 11.2. The van der Waals surface area contributed by atoms with Crippen molar-refractivity contribution in [2.45, 2.75) is 25.9 Å². The van der Waals surface area contributed by atoms with Crippen molar-refractivity contribution < 1.29 is 4.79 Å². The number of fused-ring (bicyclic) bond motifs is 1. The standard InChI is InChI=1S/C19H20N2OS/c1-14(12-17-9-5-11-23-17)21-19(22)20-13-16-8-4-7-15-6-2-3-10-18(15)16/h2-11,14H,12-13H2,1H3,(H2,20,21,22)/t14-/m0/s1. The van der Waals surface area contributed by atoms with Crippen molar-refractivity contribution in [2.75, 3.05) is 0 Å². The van der Waals surface area contributed by atoms with Crippen LogP contribution in [-0.2, 0) is 13.0 Å². The highest BCUT2D eigenvalue weighted by Crippen LogP contribution is 2.18. The molecule has 2 aromatic carbocycles. The zero-order valence-corrected chi connectivity index (χ0v) is 13.9. The van der Waals surface area contributed by atoms with Crippen LogP contribution in [0.2, 0.25) is 0 Å². The average Bonchev–Trinajstić information content (AvgIpc) is 3.05. The van der Waals surface area contributed by atoms with E-state index in [4.69, 9.17) is 0 Å². The monoisotopic (exact) mass is 324 g/mol. The molecule has 1 heterocycles. The predicted octanol–water partition coefficient (Wildman–Crippen LogP) is 4.33. The van der Waals surface area contributed by atoms with Crippen molar-refractivity contribution in [3.05, 3.63) is 70.4 Å². The summed E-state index contributed by atoms with van der Waals surface area (Å²) in [6.07, 6.45) is 0.860. The molecule has 2 N–H and O–H groups in total. The predicted molar refractivity (Wildman–Crippen MR) is 96.8 cm³/mol. The van der Waals surface area contributed by atoms with Crippen LogP contribution in [-0.4, -0.2) is 12.1 Å². The van der Waals surface area contributed by atoms with Gasteiger partial charge in [0.05, 0.1) is 0 Å². The first-order valence-electron chi connectivity index (χ1n) is 7.76. The highest BCUT2D eigenvalue weighted by molar-refractivity contribution is 7.09. The number of benzene rings is 2. The molecule has 0 aliphatic rings. The maximum atomic E-state index is 12.1. The summed E-state index contributed by atoms with van der Waals surface area (Å²) < 4.78 is 0. The van der Waals surface area contributed by atoms with Gasteiger partial charge in [-0.1, -0.05) is 48.5 Å². The summed E-state index contributed by atoms with van der Waals surface area (Å²) in [7, 11) is 0. The zero-order valence-electron chi connectivity index (χ0n) is 13.1. The molecule has 0 spiro atoms. The average molecular weight is 324 g/mol. The second kappa shape index (κ2) is 7.29. The fourth-order valence-corrected chi connectivity index (χ4v) is 3.51. The smallest absolute Gasteiger partial charge is 0.315 e. The van der Waals surface area contributed by atoms with E-state index < -0.39 is 0 Å². The highest BCUT2D eigenvalue weighted by Gasteiger charge is 2.09. The largest absolute Gasteiger partial charge is 0.335 e. The van der Waals surface area contributed by atoms with Gasteiger partial charge >= 0.3 is 6.03 Å². The first kappa shape index (κ1) is 15.6. The minimum atomic E-state index is -0.123. The number of thiophene rings is 1. The molecular formula is C19H20N2OS. The van der Waals surface area contributed by atoms with Crippen molar-refractivity contribution in [3.8, 4) is 0 Å². The summed E-state index contributed by atoms with van der Waals surface area (Å²) in [6.45, 7) is 2.55. The molecule has 0 aliphatic heterocycles. The van der Waals surface area contributed by atoms with Gasteiger partial charge in [0.25, 0.3) is 0 Å². The van der Waals surface area contributed by atoms with Crippen LogP contribution in [0.15, 0.2) is 60.0 Å². The minimum Gasteiger partial charge on any atom is -0.335 e. The van der Waals surface area contributed by atoms with Gasteiger partial charge in [-0.25, -0.2) is 4.79 Å². The lowest BCUT2D eigenvalue weighted by molar-refractivity contribution is 0.237. The van der Waals surface area contributed by atoms with Gasteiger partial charge in [-0.05, 0) is 34.7 Å². The summed E-state index contributed by atoms with van der Waals surface area (Å²) in [6, 6.07) is 18.5. The SMILES string of the molecule is C[C@@H](Cc1cccs1)NC(=O)NCc1cccc2ccccc12. The summed E-state index contributed by atoms with van der Waals surface area (Å²) >= 11 is 1.72. The third-order valence-electron chi connectivity index (χ3n) is 3.78. The number of amides is 2. The molecule has 1 atom stereocenters. The van der Waals surface area contributed by atoms with E-state index >= 15 is 0 Å². The van der Waals surface area contributed by atoms with E-state index in [0.717, 1.165) is 12.0 Å². The Hall–Kier alpha value is -2.33. The van der Waals surface area contributed by atoms with Crippen molar-refractivity contribution in [2.24, 2.45) is 0 Å². The lowest BCUT2D eigenvalue weighted by Gasteiger charge is -2.14. The molecule has 0 bridgehead atoms. The molecule has 3 aromatic rings. The maximum absolute atomic E-state index is 12.1. The topological polar surface area (TPSA) is 41.1 Å². The Labute approximate surface area is 140 Å². The number of carbonyl (C=O) groups excluding carboxylic acids is 1. The highest BCUT2D eigenvalue weighted by atomic mass is 32.1. The van der Waals surface area contributed by atoms with Gasteiger partial charge in [0.1, 0.15) is 0 Å². The quantitative estimate of drug-likeness (QED) is 0.720. The third-order valence-corrected chi connectivity index (χ3v) is 4.68. The summed E-state index contributed by atoms with van der Waals surface area (Å²) in [5.41, 5.74) is 1.13. The molecule has 0 aliphatic carbocycles. The van der Waals surface area contributed by atoms with E-state index in [1.54, 1.807) is 11.3 Å². The van der Waals surface area contributed by atoms with Crippen molar-refractivity contribution in [1.82, 2.24) is 10.6 Å². The summed E-state index contributed by atoms with van der Waals surface area (Å²) in [5, 5.41) is 10.4. The van der Waals surface area contributed by atoms with E-state index in [1.807, 2.05) is 31.2 Å². The molecule has 0 radical (unpaired) electrons. The van der Waals surface area contributed by atoms with Gasteiger partial charge in [0, 0.05) is 23.9 Å². The molecule has 2 amide bonds. The van der Waals surface area contributed by atoms with Crippen LogP contribution in [0.3, 0.4) is 0 Å². The van der Waals surface area contributed by atoms with Gasteiger partial charge in [0.2, 0.25) is 0 Å². The first-order valence-corrected chi connectivity index (χ1v) is 8.64. The summed E-state index contributed by atoms with van der Waals surface area (Å²) in [5.74, 6) is 0. The molecule has 0 unspecified atom stereocenters. The van der Waals surface area contributed by atoms with E-state index in [-0.39, 0.29) is 12.1 Å². The minimum absolute atomic E-state index is 0.112. The fourth-order valence-electron chi connectivity index (χ4n) is 2.68. The van der Waals surface area contributed by atoms with Gasteiger partial charge in [0.15, 0.2) is 0 Å². The fraction of sp³-hybridized carbons (Fsp3) is 0.211. The van der Waals surface area contributed by atoms with Crippen LogP contribution in [0, 0.1) is 0 Å². The van der Waals surface area contributed by atoms with E-state index in [1.165, 1.54) is 15.6 Å². The van der Waals surface area contributed by atoms with Gasteiger partial charge in [-0.2, -0.15) is 0 Å². The van der Waals surface area contributed by atoms with Crippen LogP contribution in [0.1, 0.15) is 17.4 Å². The van der Waals surface area contributed by atoms with Gasteiger partial charge in [-0.15, -0.1) is 11.3 Å². The van der Waals surface area contributed by atoms with Crippen molar-refractivity contribution >= 4 is 28.1 Å². The number of carbonyl (C=O) groups is 1. The second-order valence-electron chi connectivity index (χ2n) is 5.65. The molecule has 0 saturated carbocycles. The van der Waals surface area contributed by atoms with Crippen LogP contribution >= 0.6 is 11.3 Å². The summed E-state index contributed by atoms with van der Waals surface area (Å²) in [4.78, 5) is 13.4. The molecule has 1 aromatic heterocycles. The Bertz CT molecular complexity index is 778.